The Morgan fingerprint density at radius 2 is 1.84 bits per heavy atom. The molecule has 138 valence electrons. The molecule has 5 nitrogen and oxygen atoms in total. The van der Waals surface area contributed by atoms with Crippen LogP contribution in [0.5, 0.6) is 11.5 Å². The van der Waals surface area contributed by atoms with Crippen molar-refractivity contribution in [2.75, 3.05) is 27.8 Å². The van der Waals surface area contributed by atoms with E-state index in [4.69, 9.17) is 20.2 Å². The van der Waals surface area contributed by atoms with Gasteiger partial charge in [0.15, 0.2) is 17.5 Å². The van der Waals surface area contributed by atoms with Gasteiger partial charge >= 0.3 is 0 Å². The fourth-order valence-electron chi connectivity index (χ4n) is 3.93. The van der Waals surface area contributed by atoms with Gasteiger partial charge in [-0.3, -0.25) is 4.99 Å². The molecule has 0 unspecified atom stereocenters. The maximum Gasteiger partial charge on any atom is 0.191 e. The summed E-state index contributed by atoms with van der Waals surface area (Å²) < 4.78 is 10.9. The van der Waals surface area contributed by atoms with Crippen LogP contribution in [0, 0.1) is 0 Å². The number of nitrogens with two attached hydrogens (primary N) is 1. The van der Waals surface area contributed by atoms with Crippen molar-refractivity contribution >= 4 is 5.96 Å². The summed E-state index contributed by atoms with van der Waals surface area (Å²) in [5.41, 5.74) is 7.58. The number of hydrogen-bond donors (Lipinski definition) is 1. The normalized spacial score (nSPS) is 20.2. The van der Waals surface area contributed by atoms with Crippen molar-refractivity contribution in [1.29, 1.82) is 0 Å². The number of rotatable bonds is 6. The molecule has 1 aromatic rings. The van der Waals surface area contributed by atoms with Gasteiger partial charge in [-0.15, -0.1) is 0 Å². The molecule has 0 bridgehead atoms. The summed E-state index contributed by atoms with van der Waals surface area (Å²) in [5.74, 6) is 2.23. The highest BCUT2D eigenvalue weighted by Gasteiger charge is 2.35. The molecule has 0 radical (unpaired) electrons. The van der Waals surface area contributed by atoms with E-state index in [2.05, 4.69) is 24.1 Å². The Bertz CT molecular complexity index is 619. The Balaban J connectivity index is 1.86. The smallest absolute Gasteiger partial charge is 0.191 e. The first-order chi connectivity index (χ1) is 12.1. The quantitative estimate of drug-likeness (QED) is 0.635. The van der Waals surface area contributed by atoms with Gasteiger partial charge in [0.2, 0.25) is 0 Å². The van der Waals surface area contributed by atoms with E-state index in [0.29, 0.717) is 12.0 Å². The standard InChI is InChI=1S/C20H31N3O2/c1-23(16-8-9-16)19(21)22-14-20(11-5-4-6-12-20)15-7-10-17(24-2)18(13-15)25-3/h7,10,13,16H,4-6,8-9,11-12,14H2,1-3H3,(H2,21,22). The summed E-state index contributed by atoms with van der Waals surface area (Å²) in [6.07, 6.45) is 8.53. The van der Waals surface area contributed by atoms with Gasteiger partial charge in [0.1, 0.15) is 0 Å². The predicted molar refractivity (Wildman–Crippen MR) is 102 cm³/mol. The largest absolute Gasteiger partial charge is 0.493 e. The van der Waals surface area contributed by atoms with Crippen LogP contribution in [-0.4, -0.2) is 44.7 Å². The van der Waals surface area contributed by atoms with Crippen LogP contribution in [0.4, 0.5) is 0 Å². The Morgan fingerprint density at radius 3 is 2.44 bits per heavy atom. The second-order valence-corrected chi connectivity index (χ2v) is 7.43. The highest BCUT2D eigenvalue weighted by molar-refractivity contribution is 5.78. The van der Waals surface area contributed by atoms with Crippen molar-refractivity contribution in [3.05, 3.63) is 23.8 Å². The average molecular weight is 345 g/mol. The molecule has 0 spiro atoms. The zero-order valence-electron chi connectivity index (χ0n) is 15.8. The van der Waals surface area contributed by atoms with Gasteiger partial charge in [0.25, 0.3) is 0 Å². The van der Waals surface area contributed by atoms with Crippen LogP contribution in [-0.2, 0) is 5.41 Å². The molecule has 1 aromatic carbocycles. The van der Waals surface area contributed by atoms with Crippen molar-refractivity contribution in [1.82, 2.24) is 4.90 Å². The van der Waals surface area contributed by atoms with Gasteiger partial charge < -0.3 is 20.1 Å². The van der Waals surface area contributed by atoms with Gasteiger partial charge in [-0.2, -0.15) is 0 Å². The van der Waals surface area contributed by atoms with Gasteiger partial charge in [-0.1, -0.05) is 25.3 Å². The fraction of sp³-hybridized carbons (Fsp3) is 0.650. The minimum atomic E-state index is 0.0484. The van der Waals surface area contributed by atoms with Gasteiger partial charge in [0.05, 0.1) is 20.8 Å². The Labute approximate surface area is 151 Å². The van der Waals surface area contributed by atoms with Crippen molar-refractivity contribution in [2.24, 2.45) is 10.7 Å². The third kappa shape index (κ3) is 3.86. The van der Waals surface area contributed by atoms with E-state index in [-0.39, 0.29) is 5.41 Å². The minimum absolute atomic E-state index is 0.0484. The summed E-state index contributed by atoms with van der Waals surface area (Å²) >= 11 is 0. The summed E-state index contributed by atoms with van der Waals surface area (Å²) in [6, 6.07) is 6.89. The van der Waals surface area contributed by atoms with E-state index >= 15 is 0 Å². The van der Waals surface area contributed by atoms with Crippen LogP contribution in [0.1, 0.15) is 50.5 Å². The summed E-state index contributed by atoms with van der Waals surface area (Å²) in [5, 5.41) is 0. The number of guanidine groups is 1. The highest BCUT2D eigenvalue weighted by Crippen LogP contribution is 2.42. The zero-order chi connectivity index (χ0) is 17.9. The van der Waals surface area contributed by atoms with E-state index < -0.39 is 0 Å². The first-order valence-corrected chi connectivity index (χ1v) is 9.35. The maximum absolute atomic E-state index is 6.25. The third-order valence-corrected chi connectivity index (χ3v) is 5.81. The van der Waals surface area contributed by atoms with E-state index in [9.17, 15) is 0 Å². The topological polar surface area (TPSA) is 60.1 Å². The molecule has 0 aliphatic heterocycles. The first-order valence-electron chi connectivity index (χ1n) is 9.35. The van der Waals surface area contributed by atoms with Crippen LogP contribution in [0.3, 0.4) is 0 Å². The molecule has 2 saturated carbocycles. The molecular weight excluding hydrogens is 314 g/mol. The van der Waals surface area contributed by atoms with Crippen LogP contribution in [0.25, 0.3) is 0 Å². The van der Waals surface area contributed by atoms with Crippen LogP contribution >= 0.6 is 0 Å². The molecular formula is C20H31N3O2. The van der Waals surface area contributed by atoms with Crippen molar-refractivity contribution in [3.63, 3.8) is 0 Å². The molecule has 5 heteroatoms. The lowest BCUT2D eigenvalue weighted by Gasteiger charge is -2.37. The highest BCUT2D eigenvalue weighted by atomic mass is 16.5. The number of methoxy groups -OCH3 is 2. The molecule has 0 saturated heterocycles. The van der Waals surface area contributed by atoms with Gasteiger partial charge in [-0.25, -0.2) is 0 Å². The number of nitrogens with zero attached hydrogens (tertiary/aromatic N) is 2. The molecule has 0 amide bonds. The molecule has 0 heterocycles. The molecule has 2 aliphatic carbocycles. The van der Waals surface area contributed by atoms with Crippen molar-refractivity contribution < 1.29 is 9.47 Å². The monoisotopic (exact) mass is 345 g/mol. The lowest BCUT2D eigenvalue weighted by molar-refractivity contribution is 0.297. The van der Waals surface area contributed by atoms with Crippen molar-refractivity contribution in [2.45, 2.75) is 56.4 Å². The van der Waals surface area contributed by atoms with Crippen LogP contribution < -0.4 is 15.2 Å². The third-order valence-electron chi connectivity index (χ3n) is 5.81. The average Bonchev–Trinajstić information content (AvgIpc) is 3.50. The molecule has 2 N–H and O–H groups in total. The van der Waals surface area contributed by atoms with Crippen molar-refractivity contribution in [3.8, 4) is 11.5 Å². The molecule has 2 fully saturated rings. The van der Waals surface area contributed by atoms with Gasteiger partial charge in [-0.05, 0) is 43.4 Å². The molecule has 0 atom stereocenters. The lowest BCUT2D eigenvalue weighted by Crippen LogP contribution is -2.38. The predicted octanol–water partition coefficient (Wildman–Crippen LogP) is 3.31. The summed E-state index contributed by atoms with van der Waals surface area (Å²) in [4.78, 5) is 6.93. The lowest BCUT2D eigenvalue weighted by atomic mass is 9.69. The van der Waals surface area contributed by atoms with Crippen LogP contribution in [0.2, 0.25) is 0 Å². The van der Waals surface area contributed by atoms with E-state index in [1.54, 1.807) is 14.2 Å². The Hall–Kier alpha value is -1.91. The first kappa shape index (κ1) is 17.9. The minimum Gasteiger partial charge on any atom is -0.493 e. The molecule has 2 aliphatic rings. The second kappa shape index (κ2) is 7.54. The Kier molecular flexibility index (Phi) is 5.40. The van der Waals surface area contributed by atoms with E-state index in [1.807, 2.05) is 6.07 Å². The number of hydrogen-bond acceptors (Lipinski definition) is 3. The molecule has 3 rings (SSSR count). The SMILES string of the molecule is COc1ccc(C2(CN=C(N)N(C)C3CC3)CCCCC2)cc1OC. The summed E-state index contributed by atoms with van der Waals surface area (Å²) in [7, 11) is 5.42. The second-order valence-electron chi connectivity index (χ2n) is 7.43. The number of ether oxygens (including phenoxy) is 2. The van der Waals surface area contributed by atoms with E-state index in [1.165, 1.54) is 37.7 Å². The fourth-order valence-corrected chi connectivity index (χ4v) is 3.93. The maximum atomic E-state index is 6.25. The number of aliphatic imine (C=N–C) groups is 1. The number of benzene rings is 1. The van der Waals surface area contributed by atoms with Crippen LogP contribution in [0.15, 0.2) is 23.2 Å². The molecule has 25 heavy (non-hydrogen) atoms. The van der Waals surface area contributed by atoms with E-state index in [0.717, 1.165) is 30.9 Å². The van der Waals surface area contributed by atoms with Gasteiger partial charge in [0, 0.05) is 18.5 Å². The summed E-state index contributed by atoms with van der Waals surface area (Å²) in [6.45, 7) is 0.741. The Morgan fingerprint density at radius 1 is 1.16 bits per heavy atom. The zero-order valence-corrected chi connectivity index (χ0v) is 15.8. The molecule has 0 aromatic heterocycles.